The molecule has 0 saturated carbocycles. The van der Waals surface area contributed by atoms with Gasteiger partial charge in [0.05, 0.1) is 18.3 Å². The first kappa shape index (κ1) is 52.0. The molecule has 368 valence electrons. The summed E-state index contributed by atoms with van der Waals surface area (Å²) in [5, 5.41) is 76.4. The summed E-state index contributed by atoms with van der Waals surface area (Å²) >= 11 is 0. The number of aliphatic hydroxyl groups is 6. The highest BCUT2D eigenvalue weighted by atomic mass is 16.7. The van der Waals surface area contributed by atoms with E-state index in [1.807, 2.05) is 18.2 Å². The molecular weight excluding hydrogens is 867 g/mol. The third-order valence-electron chi connectivity index (χ3n) is 14.0. The molecule has 3 heterocycles. The summed E-state index contributed by atoms with van der Waals surface area (Å²) in [4.78, 5) is 37.6. The SMILES string of the molecule is CC[N+]1=C(C=CC=C2C(CCCCCC(=O)O)c3ccc(CC(=O)NCC4OC(OC)C(O)C(O)C4O)cc3C2(C)C)C(C)(C)c2cc(CC(=O)NCC3OC(OC)C(O)C(O)C3O)ccc21. The molecule has 6 rings (SSSR count). The average Bonchev–Trinajstić information content (AvgIpc) is 3.63. The molecule has 2 aromatic carbocycles. The summed E-state index contributed by atoms with van der Waals surface area (Å²) in [7, 11) is 2.63. The van der Waals surface area contributed by atoms with Gasteiger partial charge >= 0.3 is 5.97 Å². The lowest BCUT2D eigenvalue weighted by atomic mass is 9.79. The number of hydrogen-bond acceptors (Lipinski definition) is 13. The van der Waals surface area contributed by atoms with E-state index in [0.717, 1.165) is 58.5 Å². The Morgan fingerprint density at radius 3 is 1.78 bits per heavy atom. The van der Waals surface area contributed by atoms with Gasteiger partial charge in [0.25, 0.3) is 0 Å². The van der Waals surface area contributed by atoms with Crippen molar-refractivity contribution < 1.29 is 73.7 Å². The lowest BCUT2D eigenvalue weighted by Gasteiger charge is -2.39. The molecule has 2 saturated heterocycles. The maximum atomic E-state index is 13.2. The Bertz CT molecular complexity index is 2200. The Morgan fingerprint density at radius 2 is 1.25 bits per heavy atom. The second-order valence-corrected chi connectivity index (χ2v) is 19.1. The molecule has 9 N–H and O–H groups in total. The molecule has 0 radical (unpaired) electrons. The molecule has 3 aliphatic heterocycles. The largest absolute Gasteiger partial charge is 0.481 e. The van der Waals surface area contributed by atoms with E-state index in [-0.39, 0.29) is 50.1 Å². The summed E-state index contributed by atoms with van der Waals surface area (Å²) < 4.78 is 23.6. The van der Waals surface area contributed by atoms with Gasteiger partial charge in [0, 0.05) is 62.8 Å². The van der Waals surface area contributed by atoms with Gasteiger partial charge in [-0.05, 0) is 61.9 Å². The molecule has 11 unspecified atom stereocenters. The van der Waals surface area contributed by atoms with Crippen LogP contribution in [-0.4, -0.2) is 159 Å². The molecule has 2 aromatic rings. The number of allylic oxidation sites excluding steroid dienone is 4. The summed E-state index contributed by atoms with van der Waals surface area (Å²) in [5.74, 6) is -1.36. The number of aliphatic hydroxyl groups excluding tert-OH is 6. The topological polar surface area (TPSA) is 257 Å². The molecule has 0 spiro atoms. The molecule has 0 bridgehead atoms. The van der Waals surface area contributed by atoms with Gasteiger partial charge in [-0.25, -0.2) is 0 Å². The van der Waals surface area contributed by atoms with Crippen molar-refractivity contribution in [3.05, 3.63) is 88.0 Å². The van der Waals surface area contributed by atoms with Crippen molar-refractivity contribution in [1.82, 2.24) is 10.6 Å². The minimum absolute atomic E-state index is 0.0582. The van der Waals surface area contributed by atoms with Crippen LogP contribution in [-0.2, 0) is 57.0 Å². The van der Waals surface area contributed by atoms with Crippen molar-refractivity contribution in [2.45, 2.75) is 158 Å². The zero-order valence-electron chi connectivity index (χ0n) is 39.6. The number of ether oxygens (including phenoxy) is 4. The molecule has 11 atom stereocenters. The van der Waals surface area contributed by atoms with Crippen molar-refractivity contribution >= 4 is 29.2 Å². The van der Waals surface area contributed by atoms with E-state index in [1.165, 1.54) is 19.8 Å². The highest BCUT2D eigenvalue weighted by Gasteiger charge is 2.47. The second kappa shape index (κ2) is 21.9. The van der Waals surface area contributed by atoms with E-state index < -0.39 is 78.2 Å². The first-order valence-corrected chi connectivity index (χ1v) is 23.3. The van der Waals surface area contributed by atoms with E-state index in [4.69, 9.17) is 18.9 Å². The van der Waals surface area contributed by atoms with Crippen LogP contribution in [0.1, 0.15) is 100 Å². The van der Waals surface area contributed by atoms with Crippen LogP contribution in [0.3, 0.4) is 0 Å². The number of unbranched alkanes of at least 4 members (excludes halogenated alkanes) is 2. The quantitative estimate of drug-likeness (QED) is 0.0721. The number of aliphatic carboxylic acids is 1. The van der Waals surface area contributed by atoms with E-state index in [1.54, 1.807) is 0 Å². The van der Waals surface area contributed by atoms with Gasteiger partial charge in [0.15, 0.2) is 18.3 Å². The van der Waals surface area contributed by atoms with Gasteiger partial charge in [-0.1, -0.05) is 68.7 Å². The molecular formula is C50H70N3O14+. The number of carbonyl (C=O) groups is 3. The summed E-state index contributed by atoms with van der Waals surface area (Å²) in [6.45, 7) is 11.3. The lowest BCUT2D eigenvalue weighted by molar-refractivity contribution is -0.433. The molecule has 17 heteroatoms. The molecule has 2 fully saturated rings. The predicted octanol–water partition coefficient (Wildman–Crippen LogP) is 1.90. The third kappa shape index (κ3) is 11.2. The standard InChI is InChI=1S/C50H69N3O14/c1-8-53-34-20-18-28(24-39(55)52-26-36-42(59)44(61)46(63)48(65-7)67-36)22-33(34)50(4,5)37(53)15-12-14-31-29(13-10-9-11-16-40(56)57)30-19-17-27(21-32(30)49(31,2)3)23-38(54)51-25-35-41(58)43(60)45(62)47(64-6)66-35/h12,14-15,17-22,29,35-36,41-48,58-63H,8-11,13,16,23-26H2,1-7H3,(H2-,51,52,54,55,56,57)/p+1. The summed E-state index contributed by atoms with van der Waals surface area (Å²) in [6, 6.07) is 12.1. The Balaban J connectivity index is 1.17. The minimum Gasteiger partial charge on any atom is -0.481 e. The zero-order valence-corrected chi connectivity index (χ0v) is 39.6. The molecule has 17 nitrogen and oxygen atoms in total. The molecule has 2 amide bonds. The van der Waals surface area contributed by atoms with Crippen molar-refractivity contribution in [2.24, 2.45) is 0 Å². The fourth-order valence-corrected chi connectivity index (χ4v) is 10.2. The Morgan fingerprint density at radius 1 is 0.716 bits per heavy atom. The first-order valence-electron chi connectivity index (χ1n) is 23.3. The van der Waals surface area contributed by atoms with Gasteiger partial charge in [-0.2, -0.15) is 4.58 Å². The smallest absolute Gasteiger partial charge is 0.303 e. The Hall–Kier alpha value is -4.40. The number of benzene rings is 2. The number of carboxylic acids is 1. The number of methoxy groups -OCH3 is 2. The van der Waals surface area contributed by atoms with Gasteiger partial charge in [0.2, 0.25) is 17.5 Å². The molecule has 67 heavy (non-hydrogen) atoms. The summed E-state index contributed by atoms with van der Waals surface area (Å²) in [5.41, 5.74) is 7.41. The van der Waals surface area contributed by atoms with Crippen LogP contribution in [0, 0.1) is 0 Å². The number of carbonyl (C=O) groups excluding carboxylic acids is 2. The Kier molecular flexibility index (Phi) is 17.0. The maximum Gasteiger partial charge on any atom is 0.303 e. The van der Waals surface area contributed by atoms with Crippen molar-refractivity contribution in [3.63, 3.8) is 0 Å². The van der Waals surface area contributed by atoms with Crippen molar-refractivity contribution in [3.8, 4) is 0 Å². The maximum absolute atomic E-state index is 13.2. The predicted molar refractivity (Wildman–Crippen MR) is 246 cm³/mol. The van der Waals surface area contributed by atoms with Crippen LogP contribution in [0.15, 0.2) is 60.2 Å². The number of carboxylic acid groups (broad SMARTS) is 1. The number of nitrogens with zero attached hydrogens (tertiary/aromatic N) is 1. The first-order chi connectivity index (χ1) is 31.7. The lowest BCUT2D eigenvalue weighted by Crippen LogP contribution is -2.60. The normalized spacial score (nSPS) is 30.4. The average molecular weight is 937 g/mol. The monoisotopic (exact) mass is 936 g/mol. The van der Waals surface area contributed by atoms with Crippen LogP contribution >= 0.6 is 0 Å². The Labute approximate surface area is 392 Å². The van der Waals surface area contributed by atoms with Gasteiger partial charge in [-0.3, -0.25) is 14.4 Å². The number of amides is 2. The van der Waals surface area contributed by atoms with E-state index >= 15 is 0 Å². The minimum atomic E-state index is -1.50. The number of fused-ring (bicyclic) bond motifs is 2. The van der Waals surface area contributed by atoms with E-state index in [0.29, 0.717) is 13.0 Å². The number of nitrogens with one attached hydrogen (secondary N) is 2. The van der Waals surface area contributed by atoms with Gasteiger partial charge in [-0.15, -0.1) is 0 Å². The van der Waals surface area contributed by atoms with Crippen LogP contribution in [0.4, 0.5) is 5.69 Å². The van der Waals surface area contributed by atoms with Crippen LogP contribution in [0.2, 0.25) is 0 Å². The van der Waals surface area contributed by atoms with Crippen LogP contribution < -0.4 is 10.6 Å². The molecule has 1 aliphatic carbocycles. The van der Waals surface area contributed by atoms with Gasteiger partial charge in [0.1, 0.15) is 55.4 Å². The van der Waals surface area contributed by atoms with Crippen LogP contribution in [0.5, 0.6) is 0 Å². The van der Waals surface area contributed by atoms with Crippen molar-refractivity contribution in [2.75, 3.05) is 33.9 Å². The van der Waals surface area contributed by atoms with E-state index in [2.05, 4.69) is 86.3 Å². The second-order valence-electron chi connectivity index (χ2n) is 19.1. The molecule has 0 aromatic heterocycles. The highest BCUT2D eigenvalue weighted by Crippen LogP contribution is 2.52. The highest BCUT2D eigenvalue weighted by molar-refractivity contribution is 6.03. The fourth-order valence-electron chi connectivity index (χ4n) is 10.2. The summed E-state index contributed by atoms with van der Waals surface area (Å²) in [6.07, 6.45) is -3.22. The number of rotatable bonds is 19. The zero-order chi connectivity index (χ0) is 49.0. The van der Waals surface area contributed by atoms with Crippen LogP contribution in [0.25, 0.3) is 0 Å². The molecule has 4 aliphatic rings. The number of hydrogen-bond donors (Lipinski definition) is 9. The van der Waals surface area contributed by atoms with Gasteiger partial charge < -0.3 is 65.3 Å². The van der Waals surface area contributed by atoms with Crippen molar-refractivity contribution in [1.29, 1.82) is 0 Å². The fraction of sp³-hybridized carbons (Fsp3) is 0.600. The van der Waals surface area contributed by atoms with E-state index in [9.17, 15) is 50.1 Å². The third-order valence-corrected chi connectivity index (χ3v) is 14.0.